The van der Waals surface area contributed by atoms with Crippen molar-refractivity contribution in [2.75, 3.05) is 36.9 Å². The van der Waals surface area contributed by atoms with Crippen molar-refractivity contribution < 1.29 is 9.53 Å². The maximum Gasteiger partial charge on any atom is 0.247 e. The van der Waals surface area contributed by atoms with Crippen LogP contribution >= 0.6 is 0 Å². The van der Waals surface area contributed by atoms with Gasteiger partial charge in [0.25, 0.3) is 0 Å². The van der Waals surface area contributed by atoms with Crippen LogP contribution < -0.4 is 10.6 Å². The molecule has 1 fully saturated rings. The van der Waals surface area contributed by atoms with Gasteiger partial charge in [-0.3, -0.25) is 9.69 Å². The first-order chi connectivity index (χ1) is 13.1. The third kappa shape index (κ3) is 3.99. The SMILES string of the molecule is Cc1ccc(NC(=O)C2Cc3cccc(C)c3N2)cc1CN1CCOCC1. The highest BCUT2D eigenvalue weighted by Gasteiger charge is 2.27. The second-order valence-corrected chi connectivity index (χ2v) is 7.53. The Balaban J connectivity index is 1.43. The molecule has 1 unspecified atom stereocenters. The van der Waals surface area contributed by atoms with Crippen molar-refractivity contribution in [3.8, 4) is 0 Å². The van der Waals surface area contributed by atoms with Gasteiger partial charge in [0.05, 0.1) is 13.2 Å². The van der Waals surface area contributed by atoms with Gasteiger partial charge in [-0.25, -0.2) is 0 Å². The minimum atomic E-state index is -0.218. The molecular weight excluding hydrogens is 338 g/mol. The van der Waals surface area contributed by atoms with Crippen LogP contribution in [0.2, 0.25) is 0 Å². The van der Waals surface area contributed by atoms with Crippen LogP contribution in [0.15, 0.2) is 36.4 Å². The van der Waals surface area contributed by atoms with Crippen molar-refractivity contribution in [3.05, 3.63) is 58.7 Å². The summed E-state index contributed by atoms with van der Waals surface area (Å²) in [4.78, 5) is 15.2. The van der Waals surface area contributed by atoms with Gasteiger partial charge in [-0.05, 0) is 48.2 Å². The van der Waals surface area contributed by atoms with Crippen molar-refractivity contribution in [1.82, 2.24) is 4.90 Å². The van der Waals surface area contributed by atoms with E-state index in [-0.39, 0.29) is 11.9 Å². The molecule has 0 radical (unpaired) electrons. The van der Waals surface area contributed by atoms with Crippen molar-refractivity contribution in [2.24, 2.45) is 0 Å². The Kier molecular flexibility index (Phi) is 5.14. The Bertz CT molecular complexity index is 843. The zero-order valence-corrected chi connectivity index (χ0v) is 16.0. The van der Waals surface area contributed by atoms with Crippen LogP contribution in [0.5, 0.6) is 0 Å². The molecule has 0 aliphatic carbocycles. The van der Waals surface area contributed by atoms with Crippen LogP contribution in [0.4, 0.5) is 11.4 Å². The van der Waals surface area contributed by atoms with E-state index < -0.39 is 0 Å². The number of morpholine rings is 1. The Morgan fingerprint density at radius 3 is 2.78 bits per heavy atom. The van der Waals surface area contributed by atoms with E-state index in [0.29, 0.717) is 0 Å². The van der Waals surface area contributed by atoms with E-state index in [2.05, 4.69) is 53.6 Å². The fraction of sp³-hybridized carbons (Fsp3) is 0.409. The van der Waals surface area contributed by atoms with E-state index in [4.69, 9.17) is 4.74 Å². The number of rotatable bonds is 4. The third-order valence-electron chi connectivity index (χ3n) is 5.53. The minimum Gasteiger partial charge on any atom is -0.379 e. The summed E-state index contributed by atoms with van der Waals surface area (Å²) >= 11 is 0. The molecule has 1 saturated heterocycles. The van der Waals surface area contributed by atoms with Crippen molar-refractivity contribution in [2.45, 2.75) is 32.9 Å². The van der Waals surface area contributed by atoms with Gasteiger partial charge in [0.1, 0.15) is 6.04 Å². The quantitative estimate of drug-likeness (QED) is 0.874. The fourth-order valence-electron chi connectivity index (χ4n) is 3.86. The minimum absolute atomic E-state index is 0.0202. The van der Waals surface area contributed by atoms with Crippen LogP contribution in [0.3, 0.4) is 0 Å². The van der Waals surface area contributed by atoms with E-state index >= 15 is 0 Å². The Hall–Kier alpha value is -2.37. The van der Waals surface area contributed by atoms with E-state index in [1.54, 1.807) is 0 Å². The number of carbonyl (C=O) groups excluding carboxylic acids is 1. The number of aryl methyl sites for hydroxylation is 2. The van der Waals surface area contributed by atoms with Crippen LogP contribution in [0.25, 0.3) is 0 Å². The van der Waals surface area contributed by atoms with Crippen LogP contribution in [0.1, 0.15) is 22.3 Å². The molecule has 2 aromatic carbocycles. The number of carbonyl (C=O) groups is 1. The summed E-state index contributed by atoms with van der Waals surface area (Å²) in [5.74, 6) is 0.0202. The molecule has 2 aliphatic heterocycles. The third-order valence-corrected chi connectivity index (χ3v) is 5.53. The van der Waals surface area contributed by atoms with E-state index in [0.717, 1.165) is 50.6 Å². The number of hydrogen-bond acceptors (Lipinski definition) is 4. The number of hydrogen-bond donors (Lipinski definition) is 2. The van der Waals surface area contributed by atoms with Gasteiger partial charge in [0.15, 0.2) is 0 Å². The molecule has 0 aromatic heterocycles. The molecule has 4 rings (SSSR count). The molecule has 142 valence electrons. The average molecular weight is 365 g/mol. The van der Waals surface area contributed by atoms with Gasteiger partial charge in [0.2, 0.25) is 5.91 Å². The van der Waals surface area contributed by atoms with Crippen LogP contribution in [0, 0.1) is 13.8 Å². The molecule has 0 bridgehead atoms. The molecular formula is C22H27N3O2. The monoisotopic (exact) mass is 365 g/mol. The molecule has 5 heteroatoms. The number of para-hydroxylation sites is 1. The number of fused-ring (bicyclic) bond motifs is 1. The second-order valence-electron chi connectivity index (χ2n) is 7.53. The molecule has 0 saturated carbocycles. The predicted molar refractivity (Wildman–Crippen MR) is 108 cm³/mol. The zero-order valence-electron chi connectivity index (χ0n) is 16.0. The lowest BCUT2D eigenvalue weighted by Crippen LogP contribution is -2.36. The normalized spacial score (nSPS) is 19.4. The Morgan fingerprint density at radius 2 is 2.00 bits per heavy atom. The number of amides is 1. The number of anilines is 2. The van der Waals surface area contributed by atoms with Gasteiger partial charge in [-0.15, -0.1) is 0 Å². The predicted octanol–water partition coefficient (Wildman–Crippen LogP) is 3.11. The lowest BCUT2D eigenvalue weighted by Gasteiger charge is -2.27. The lowest BCUT2D eigenvalue weighted by atomic mass is 10.1. The summed E-state index contributed by atoms with van der Waals surface area (Å²) in [6.45, 7) is 8.60. The summed E-state index contributed by atoms with van der Waals surface area (Å²) in [6, 6.07) is 12.2. The first-order valence-electron chi connectivity index (χ1n) is 9.65. The van der Waals surface area contributed by atoms with Gasteiger partial charge in [-0.1, -0.05) is 24.3 Å². The van der Waals surface area contributed by atoms with E-state index in [9.17, 15) is 4.79 Å². The van der Waals surface area contributed by atoms with Gasteiger partial charge < -0.3 is 15.4 Å². The summed E-state index contributed by atoms with van der Waals surface area (Å²) < 4.78 is 5.43. The Morgan fingerprint density at radius 1 is 1.19 bits per heavy atom. The molecule has 1 atom stereocenters. The number of ether oxygens (including phenoxy) is 1. The van der Waals surface area contributed by atoms with E-state index in [1.807, 2.05) is 12.1 Å². The summed E-state index contributed by atoms with van der Waals surface area (Å²) in [5, 5.41) is 6.48. The maximum absolute atomic E-state index is 12.8. The first-order valence-corrected chi connectivity index (χ1v) is 9.65. The standard InChI is InChI=1S/C22H27N3O2/c1-15-6-7-19(12-18(15)14-25-8-10-27-11-9-25)23-22(26)20-13-17-5-3-4-16(2)21(17)24-20/h3-7,12,20,24H,8-11,13-14H2,1-2H3,(H,23,26). The summed E-state index contributed by atoms with van der Waals surface area (Å²) in [6.07, 6.45) is 0.731. The Labute approximate surface area is 160 Å². The molecule has 2 heterocycles. The first kappa shape index (κ1) is 18.0. The van der Waals surface area contributed by atoms with Crippen LogP contribution in [-0.4, -0.2) is 43.2 Å². The molecule has 2 aliphatic rings. The lowest BCUT2D eigenvalue weighted by molar-refractivity contribution is -0.116. The molecule has 5 nitrogen and oxygen atoms in total. The summed E-state index contributed by atoms with van der Waals surface area (Å²) in [5.41, 5.74) is 6.88. The highest BCUT2D eigenvalue weighted by atomic mass is 16.5. The second kappa shape index (κ2) is 7.71. The molecule has 2 aromatic rings. The molecule has 1 amide bonds. The highest BCUT2D eigenvalue weighted by Crippen LogP contribution is 2.29. The zero-order chi connectivity index (χ0) is 18.8. The van der Waals surface area contributed by atoms with Crippen molar-refractivity contribution in [1.29, 1.82) is 0 Å². The number of nitrogens with zero attached hydrogens (tertiary/aromatic N) is 1. The number of benzene rings is 2. The fourth-order valence-corrected chi connectivity index (χ4v) is 3.86. The van der Waals surface area contributed by atoms with Gasteiger partial charge >= 0.3 is 0 Å². The topological polar surface area (TPSA) is 53.6 Å². The van der Waals surface area contributed by atoms with Crippen molar-refractivity contribution in [3.63, 3.8) is 0 Å². The smallest absolute Gasteiger partial charge is 0.247 e. The largest absolute Gasteiger partial charge is 0.379 e. The molecule has 0 spiro atoms. The average Bonchev–Trinajstić information content (AvgIpc) is 3.11. The summed E-state index contributed by atoms with van der Waals surface area (Å²) in [7, 11) is 0. The highest BCUT2D eigenvalue weighted by molar-refractivity contribution is 5.98. The van der Waals surface area contributed by atoms with Crippen molar-refractivity contribution >= 4 is 17.3 Å². The van der Waals surface area contributed by atoms with Gasteiger partial charge in [0, 0.05) is 37.4 Å². The van der Waals surface area contributed by atoms with Crippen LogP contribution in [-0.2, 0) is 22.5 Å². The van der Waals surface area contributed by atoms with Gasteiger partial charge in [-0.2, -0.15) is 0 Å². The van der Waals surface area contributed by atoms with E-state index in [1.165, 1.54) is 22.3 Å². The number of nitrogens with one attached hydrogen (secondary N) is 2. The molecule has 27 heavy (non-hydrogen) atoms. The molecule has 2 N–H and O–H groups in total. The maximum atomic E-state index is 12.8.